The third-order valence-corrected chi connectivity index (χ3v) is 3.73. The highest BCUT2D eigenvalue weighted by Crippen LogP contribution is 2.32. The van der Waals surface area contributed by atoms with Crippen molar-refractivity contribution in [3.63, 3.8) is 0 Å². The minimum Gasteiger partial charge on any atom is -0.478 e. The van der Waals surface area contributed by atoms with Crippen LogP contribution in [0, 0.1) is 19.3 Å². The Bertz CT molecular complexity index is 501. The van der Waals surface area contributed by atoms with Gasteiger partial charge in [0.15, 0.2) is 0 Å². The number of urea groups is 1. The summed E-state index contributed by atoms with van der Waals surface area (Å²) in [5, 5.41) is 14.9. The fourth-order valence-corrected chi connectivity index (χ4v) is 2.51. The predicted molar refractivity (Wildman–Crippen MR) is 77.2 cm³/mol. The van der Waals surface area contributed by atoms with E-state index >= 15 is 0 Å². The second kappa shape index (κ2) is 5.61. The molecule has 0 aliphatic rings. The Hall–Kier alpha value is -1.56. The van der Waals surface area contributed by atoms with Crippen LogP contribution in [-0.4, -0.2) is 23.7 Å². The molecule has 0 bridgehead atoms. The summed E-state index contributed by atoms with van der Waals surface area (Å²) in [6.07, 6.45) is 0. The number of thiophene rings is 1. The molecule has 0 fully saturated rings. The van der Waals surface area contributed by atoms with Gasteiger partial charge in [-0.25, -0.2) is 9.59 Å². The van der Waals surface area contributed by atoms with Gasteiger partial charge in [-0.1, -0.05) is 20.8 Å². The van der Waals surface area contributed by atoms with Gasteiger partial charge in [-0.3, -0.25) is 5.32 Å². The molecule has 1 heterocycles. The van der Waals surface area contributed by atoms with E-state index in [0.717, 1.165) is 4.88 Å². The number of aryl methyl sites for hydroxylation is 1. The lowest BCUT2D eigenvalue weighted by Gasteiger charge is -2.18. The van der Waals surface area contributed by atoms with Crippen molar-refractivity contribution in [3.8, 4) is 0 Å². The van der Waals surface area contributed by atoms with Crippen LogP contribution in [0.15, 0.2) is 0 Å². The molecule has 6 heteroatoms. The average molecular weight is 284 g/mol. The van der Waals surface area contributed by atoms with Gasteiger partial charge in [0.05, 0.1) is 5.56 Å². The second-order valence-corrected chi connectivity index (χ2v) is 6.89. The molecule has 106 valence electrons. The van der Waals surface area contributed by atoms with Gasteiger partial charge in [-0.2, -0.15) is 0 Å². The van der Waals surface area contributed by atoms with Crippen molar-refractivity contribution in [2.75, 3.05) is 11.9 Å². The number of nitrogens with one attached hydrogen (secondary N) is 2. The molecule has 1 rings (SSSR count). The number of aromatic carboxylic acids is 1. The standard InChI is InChI=1S/C13H20N2O3S/c1-7-8(2)19-10(9(7)11(16)17)15-12(18)14-6-13(3,4)5/h6H2,1-5H3,(H,16,17)(H2,14,15,18). The van der Waals surface area contributed by atoms with Crippen molar-refractivity contribution in [3.05, 3.63) is 16.0 Å². The summed E-state index contributed by atoms with van der Waals surface area (Å²) in [5.74, 6) is -1.02. The van der Waals surface area contributed by atoms with Crippen molar-refractivity contribution in [2.24, 2.45) is 5.41 Å². The summed E-state index contributed by atoms with van der Waals surface area (Å²) in [6.45, 7) is 10.1. The molecule has 0 radical (unpaired) electrons. The molecule has 0 aromatic carbocycles. The Morgan fingerprint density at radius 2 is 1.84 bits per heavy atom. The van der Waals surface area contributed by atoms with Gasteiger partial charge >= 0.3 is 12.0 Å². The summed E-state index contributed by atoms with van der Waals surface area (Å²) < 4.78 is 0. The Morgan fingerprint density at radius 3 is 2.32 bits per heavy atom. The monoisotopic (exact) mass is 284 g/mol. The first-order chi connectivity index (χ1) is 8.61. The molecule has 0 saturated heterocycles. The fourth-order valence-electron chi connectivity index (χ4n) is 1.47. The highest BCUT2D eigenvalue weighted by Gasteiger charge is 2.20. The molecular formula is C13H20N2O3S. The Balaban J connectivity index is 2.80. The minimum atomic E-state index is -1.02. The number of hydrogen-bond acceptors (Lipinski definition) is 3. The highest BCUT2D eigenvalue weighted by atomic mass is 32.1. The summed E-state index contributed by atoms with van der Waals surface area (Å²) >= 11 is 1.28. The summed E-state index contributed by atoms with van der Waals surface area (Å²) in [6, 6.07) is -0.376. The van der Waals surface area contributed by atoms with Gasteiger partial charge in [0.2, 0.25) is 0 Å². The maximum absolute atomic E-state index is 11.7. The van der Waals surface area contributed by atoms with Gasteiger partial charge in [0, 0.05) is 11.4 Å². The van der Waals surface area contributed by atoms with Crippen LogP contribution in [0.4, 0.5) is 9.80 Å². The third kappa shape index (κ3) is 4.24. The normalized spacial score (nSPS) is 11.2. The number of amides is 2. The maximum atomic E-state index is 11.7. The molecule has 0 unspecified atom stereocenters. The van der Waals surface area contributed by atoms with Crippen LogP contribution in [-0.2, 0) is 0 Å². The van der Waals surface area contributed by atoms with Crippen LogP contribution in [0.1, 0.15) is 41.6 Å². The average Bonchev–Trinajstić information content (AvgIpc) is 2.50. The molecule has 0 aliphatic carbocycles. The number of carboxylic acids is 1. The molecule has 2 amide bonds. The lowest BCUT2D eigenvalue weighted by atomic mass is 9.97. The molecule has 0 atom stereocenters. The van der Waals surface area contributed by atoms with E-state index in [4.69, 9.17) is 5.11 Å². The second-order valence-electron chi connectivity index (χ2n) is 5.66. The van der Waals surface area contributed by atoms with E-state index in [-0.39, 0.29) is 17.0 Å². The highest BCUT2D eigenvalue weighted by molar-refractivity contribution is 7.16. The number of hydrogen-bond donors (Lipinski definition) is 3. The van der Waals surface area contributed by atoms with Crippen molar-refractivity contribution >= 4 is 28.3 Å². The Kier molecular flexibility index (Phi) is 4.57. The number of rotatable bonds is 3. The first-order valence-electron chi connectivity index (χ1n) is 6.00. The molecule has 1 aromatic heterocycles. The van der Waals surface area contributed by atoms with Crippen molar-refractivity contribution in [1.29, 1.82) is 0 Å². The Labute approximate surface area is 117 Å². The zero-order chi connectivity index (χ0) is 14.8. The largest absolute Gasteiger partial charge is 0.478 e. The number of carboxylic acid groups (broad SMARTS) is 1. The van der Waals surface area contributed by atoms with Gasteiger partial charge in [-0.05, 0) is 24.8 Å². The van der Waals surface area contributed by atoms with Crippen molar-refractivity contribution < 1.29 is 14.7 Å². The van der Waals surface area contributed by atoms with E-state index in [1.807, 2.05) is 27.7 Å². The third-order valence-electron chi connectivity index (χ3n) is 2.61. The van der Waals surface area contributed by atoms with Crippen LogP contribution < -0.4 is 10.6 Å². The van der Waals surface area contributed by atoms with Gasteiger partial charge in [0.1, 0.15) is 5.00 Å². The summed E-state index contributed by atoms with van der Waals surface area (Å²) in [4.78, 5) is 23.8. The van der Waals surface area contributed by atoms with Crippen LogP contribution in [0.25, 0.3) is 0 Å². The number of carbonyl (C=O) groups excluding carboxylic acids is 1. The number of carbonyl (C=O) groups is 2. The zero-order valence-corrected chi connectivity index (χ0v) is 12.7. The molecule has 5 nitrogen and oxygen atoms in total. The summed E-state index contributed by atoms with van der Waals surface area (Å²) in [7, 11) is 0. The van der Waals surface area contributed by atoms with E-state index < -0.39 is 5.97 Å². The summed E-state index contributed by atoms with van der Waals surface area (Å²) in [5.41, 5.74) is 0.853. The molecule has 3 N–H and O–H groups in total. The van der Waals surface area contributed by atoms with Crippen molar-refractivity contribution in [2.45, 2.75) is 34.6 Å². The topological polar surface area (TPSA) is 78.4 Å². The number of anilines is 1. The van der Waals surface area contributed by atoms with Crippen LogP contribution in [0.5, 0.6) is 0 Å². The maximum Gasteiger partial charge on any atom is 0.338 e. The molecule has 0 saturated carbocycles. The molecule has 1 aromatic rings. The van der Waals surface area contributed by atoms with Gasteiger partial charge in [-0.15, -0.1) is 11.3 Å². The zero-order valence-electron chi connectivity index (χ0n) is 11.9. The fraction of sp³-hybridized carbons (Fsp3) is 0.538. The van der Waals surface area contributed by atoms with Crippen LogP contribution in [0.2, 0.25) is 0 Å². The SMILES string of the molecule is Cc1sc(NC(=O)NCC(C)(C)C)c(C(=O)O)c1C. The predicted octanol–water partition coefficient (Wildman–Crippen LogP) is 3.23. The molecule has 0 spiro atoms. The first-order valence-corrected chi connectivity index (χ1v) is 6.81. The molecule has 0 aliphatic heterocycles. The molecule has 19 heavy (non-hydrogen) atoms. The lowest BCUT2D eigenvalue weighted by molar-refractivity contribution is 0.0697. The van der Waals surface area contributed by atoms with Crippen LogP contribution in [0.3, 0.4) is 0 Å². The first kappa shape index (κ1) is 15.5. The Morgan fingerprint density at radius 1 is 1.26 bits per heavy atom. The minimum absolute atomic E-state index is 0.0196. The van der Waals surface area contributed by atoms with Gasteiger partial charge in [0.25, 0.3) is 0 Å². The van der Waals surface area contributed by atoms with Crippen molar-refractivity contribution in [1.82, 2.24) is 5.32 Å². The van der Waals surface area contributed by atoms with E-state index in [2.05, 4.69) is 10.6 Å². The van der Waals surface area contributed by atoms with Gasteiger partial charge < -0.3 is 10.4 Å². The van der Waals surface area contributed by atoms with E-state index in [9.17, 15) is 9.59 Å². The van der Waals surface area contributed by atoms with E-state index in [1.54, 1.807) is 6.92 Å². The van der Waals surface area contributed by atoms with Crippen LogP contribution >= 0.6 is 11.3 Å². The lowest BCUT2D eigenvalue weighted by Crippen LogP contribution is -2.35. The van der Waals surface area contributed by atoms with E-state index in [1.165, 1.54) is 11.3 Å². The smallest absolute Gasteiger partial charge is 0.338 e. The molecular weight excluding hydrogens is 264 g/mol. The van der Waals surface area contributed by atoms with E-state index in [0.29, 0.717) is 17.1 Å². The quantitative estimate of drug-likeness (QED) is 0.797.